The Balaban J connectivity index is 1.72. The molecule has 0 aromatic carbocycles. The third-order valence-corrected chi connectivity index (χ3v) is 4.42. The Kier molecular flexibility index (Phi) is 6.18. The zero-order valence-electron chi connectivity index (χ0n) is 13.4. The Morgan fingerprint density at radius 2 is 1.95 bits per heavy atom. The molecule has 120 valence electrons. The molecule has 2 aliphatic rings. The summed E-state index contributed by atoms with van der Waals surface area (Å²) in [7, 11) is 0. The van der Waals surface area contributed by atoms with Crippen LogP contribution in [0, 0.1) is 5.92 Å². The molecule has 2 rings (SSSR count). The number of hydrogen-bond acceptors (Lipinski definition) is 4. The summed E-state index contributed by atoms with van der Waals surface area (Å²) in [4.78, 5) is 27.9. The summed E-state index contributed by atoms with van der Waals surface area (Å²) in [6.07, 6.45) is 5.13. The van der Waals surface area contributed by atoms with Crippen molar-refractivity contribution in [3.63, 3.8) is 0 Å². The van der Waals surface area contributed by atoms with Crippen LogP contribution in [-0.4, -0.2) is 60.4 Å². The summed E-state index contributed by atoms with van der Waals surface area (Å²) in [5, 5.41) is 3.30. The molecule has 1 N–H and O–H groups in total. The molecule has 2 aliphatic heterocycles. The zero-order chi connectivity index (χ0) is 15.2. The Labute approximate surface area is 128 Å². The van der Waals surface area contributed by atoms with Gasteiger partial charge in [-0.05, 0) is 44.8 Å². The molecule has 0 aromatic heterocycles. The molecule has 2 heterocycles. The molecular weight excluding hydrogens is 266 g/mol. The fourth-order valence-corrected chi connectivity index (χ4v) is 3.29. The van der Waals surface area contributed by atoms with Crippen LogP contribution in [0.2, 0.25) is 0 Å². The van der Waals surface area contributed by atoms with Crippen LogP contribution in [-0.2, 0) is 9.59 Å². The van der Waals surface area contributed by atoms with Crippen molar-refractivity contribution in [1.29, 1.82) is 0 Å². The molecule has 2 atom stereocenters. The van der Waals surface area contributed by atoms with Gasteiger partial charge in [-0.2, -0.15) is 0 Å². The fourth-order valence-electron chi connectivity index (χ4n) is 3.29. The number of imide groups is 1. The summed E-state index contributed by atoms with van der Waals surface area (Å²) in [6.45, 7) is 9.06. The highest BCUT2D eigenvalue weighted by Gasteiger charge is 2.37. The lowest BCUT2D eigenvalue weighted by Crippen LogP contribution is -2.43. The highest BCUT2D eigenvalue weighted by atomic mass is 16.2. The Hall–Kier alpha value is -0.940. The largest absolute Gasteiger partial charge is 0.305 e. The summed E-state index contributed by atoms with van der Waals surface area (Å²) >= 11 is 0. The van der Waals surface area contributed by atoms with Crippen molar-refractivity contribution in [3.8, 4) is 0 Å². The molecule has 0 bridgehead atoms. The van der Waals surface area contributed by atoms with Crippen LogP contribution in [0.1, 0.15) is 46.0 Å². The summed E-state index contributed by atoms with van der Waals surface area (Å²) in [5.41, 5.74) is 0. The molecular formula is C16H29N3O2. The smallest absolute Gasteiger partial charge is 0.246 e. The van der Waals surface area contributed by atoms with E-state index >= 15 is 0 Å². The lowest BCUT2D eigenvalue weighted by molar-refractivity contribution is -0.138. The van der Waals surface area contributed by atoms with Gasteiger partial charge >= 0.3 is 0 Å². The first-order valence-corrected chi connectivity index (χ1v) is 8.41. The van der Waals surface area contributed by atoms with Gasteiger partial charge in [0.25, 0.3) is 0 Å². The Morgan fingerprint density at radius 1 is 1.24 bits per heavy atom. The van der Waals surface area contributed by atoms with Crippen LogP contribution in [0.15, 0.2) is 0 Å². The average Bonchev–Trinajstić information content (AvgIpc) is 2.74. The van der Waals surface area contributed by atoms with Crippen LogP contribution in [0.5, 0.6) is 0 Å². The van der Waals surface area contributed by atoms with Gasteiger partial charge in [0.1, 0.15) is 0 Å². The standard InChI is InChI=1S/C16H29N3O2/c1-3-7-19-15(20)10-14(16(19)21)17-11-13(2)12-18-8-5-4-6-9-18/h13-14,17H,3-12H2,1-2H3. The number of nitrogens with one attached hydrogen (secondary N) is 1. The molecule has 5 heteroatoms. The number of amides is 2. The van der Waals surface area contributed by atoms with Gasteiger partial charge in [0.2, 0.25) is 11.8 Å². The van der Waals surface area contributed by atoms with Crippen LogP contribution in [0.25, 0.3) is 0 Å². The van der Waals surface area contributed by atoms with Gasteiger partial charge in [-0.3, -0.25) is 14.5 Å². The summed E-state index contributed by atoms with van der Waals surface area (Å²) in [6, 6.07) is -0.298. The molecule has 21 heavy (non-hydrogen) atoms. The van der Waals surface area contributed by atoms with E-state index in [-0.39, 0.29) is 17.9 Å². The minimum absolute atomic E-state index is 0.0250. The van der Waals surface area contributed by atoms with Gasteiger partial charge in [0.05, 0.1) is 12.5 Å². The molecule has 0 saturated carbocycles. The van der Waals surface area contributed by atoms with E-state index in [2.05, 4.69) is 17.1 Å². The first-order valence-electron chi connectivity index (χ1n) is 8.41. The van der Waals surface area contributed by atoms with E-state index < -0.39 is 0 Å². The van der Waals surface area contributed by atoms with Crippen molar-refractivity contribution in [2.45, 2.75) is 52.0 Å². The first-order chi connectivity index (χ1) is 10.1. The van der Waals surface area contributed by atoms with Crippen LogP contribution in [0.3, 0.4) is 0 Å². The van der Waals surface area contributed by atoms with Crippen molar-refractivity contribution >= 4 is 11.8 Å². The highest BCUT2D eigenvalue weighted by molar-refractivity contribution is 6.05. The van der Waals surface area contributed by atoms with Crippen molar-refractivity contribution in [2.75, 3.05) is 32.7 Å². The number of likely N-dealkylation sites (tertiary alicyclic amines) is 2. The first kappa shape index (κ1) is 16.4. The van der Waals surface area contributed by atoms with Crippen LogP contribution >= 0.6 is 0 Å². The number of piperidine rings is 1. The molecule has 0 radical (unpaired) electrons. The van der Waals surface area contributed by atoms with E-state index in [1.807, 2.05) is 6.92 Å². The van der Waals surface area contributed by atoms with E-state index in [9.17, 15) is 9.59 Å². The third kappa shape index (κ3) is 4.51. The normalized spacial score (nSPS) is 25.6. The van der Waals surface area contributed by atoms with E-state index in [1.54, 1.807) is 0 Å². The SMILES string of the molecule is CCCN1C(=O)CC(NCC(C)CN2CCCCC2)C1=O. The molecule has 0 aromatic rings. The maximum Gasteiger partial charge on any atom is 0.246 e. The third-order valence-electron chi connectivity index (χ3n) is 4.42. The second-order valence-corrected chi connectivity index (χ2v) is 6.52. The Morgan fingerprint density at radius 3 is 2.62 bits per heavy atom. The minimum Gasteiger partial charge on any atom is -0.305 e. The predicted octanol–water partition coefficient (Wildman–Crippen LogP) is 1.24. The maximum atomic E-state index is 12.1. The van der Waals surface area contributed by atoms with Crippen molar-refractivity contribution in [3.05, 3.63) is 0 Å². The molecule has 2 unspecified atom stereocenters. The average molecular weight is 295 g/mol. The molecule has 0 spiro atoms. The van der Waals surface area contributed by atoms with Crippen molar-refractivity contribution in [1.82, 2.24) is 15.1 Å². The number of carbonyl (C=O) groups is 2. The quantitative estimate of drug-likeness (QED) is 0.718. The Bertz CT molecular complexity index is 367. The summed E-state index contributed by atoms with van der Waals surface area (Å²) in [5.74, 6) is 0.446. The fraction of sp³-hybridized carbons (Fsp3) is 0.875. The van der Waals surface area contributed by atoms with Gasteiger partial charge in [0, 0.05) is 13.1 Å². The maximum absolute atomic E-state index is 12.1. The number of nitrogens with zero attached hydrogens (tertiary/aromatic N) is 2. The lowest BCUT2D eigenvalue weighted by Gasteiger charge is -2.29. The molecule has 2 amide bonds. The number of rotatable bonds is 7. The highest BCUT2D eigenvalue weighted by Crippen LogP contribution is 2.14. The second-order valence-electron chi connectivity index (χ2n) is 6.52. The zero-order valence-corrected chi connectivity index (χ0v) is 13.4. The molecule has 0 aliphatic carbocycles. The van der Waals surface area contributed by atoms with Crippen LogP contribution < -0.4 is 5.32 Å². The molecule has 2 saturated heterocycles. The van der Waals surface area contributed by atoms with Crippen LogP contribution in [0.4, 0.5) is 0 Å². The van der Waals surface area contributed by atoms with Gasteiger partial charge in [-0.25, -0.2) is 0 Å². The number of hydrogen-bond donors (Lipinski definition) is 1. The van der Waals surface area contributed by atoms with E-state index in [0.29, 0.717) is 18.9 Å². The van der Waals surface area contributed by atoms with E-state index in [4.69, 9.17) is 0 Å². The topological polar surface area (TPSA) is 52.7 Å². The molecule has 5 nitrogen and oxygen atoms in total. The number of carbonyl (C=O) groups excluding carboxylic acids is 2. The van der Waals surface area contributed by atoms with Gasteiger partial charge in [-0.1, -0.05) is 20.3 Å². The predicted molar refractivity (Wildman–Crippen MR) is 82.9 cm³/mol. The van der Waals surface area contributed by atoms with Gasteiger partial charge in [0.15, 0.2) is 0 Å². The summed E-state index contributed by atoms with van der Waals surface area (Å²) < 4.78 is 0. The van der Waals surface area contributed by atoms with Crippen molar-refractivity contribution < 1.29 is 9.59 Å². The van der Waals surface area contributed by atoms with E-state index in [1.165, 1.54) is 37.3 Å². The molecule has 2 fully saturated rings. The van der Waals surface area contributed by atoms with Gasteiger partial charge < -0.3 is 10.2 Å². The van der Waals surface area contributed by atoms with E-state index in [0.717, 1.165) is 19.5 Å². The van der Waals surface area contributed by atoms with Gasteiger partial charge in [-0.15, -0.1) is 0 Å². The monoisotopic (exact) mass is 295 g/mol. The lowest BCUT2D eigenvalue weighted by atomic mass is 10.1. The van der Waals surface area contributed by atoms with Crippen molar-refractivity contribution in [2.24, 2.45) is 5.92 Å². The minimum atomic E-state index is -0.298. The second kappa shape index (κ2) is 7.90.